The fraction of sp³-hybridized carbons (Fsp3) is 0.500. The first-order valence-corrected chi connectivity index (χ1v) is 11.9. The van der Waals surface area contributed by atoms with Gasteiger partial charge in [-0.05, 0) is 47.9 Å². The Balaban J connectivity index is 2.12. The van der Waals surface area contributed by atoms with Gasteiger partial charge in [0, 0.05) is 12.0 Å². The Morgan fingerprint density at radius 1 is 1.06 bits per heavy atom. The van der Waals surface area contributed by atoms with E-state index >= 15 is 0 Å². The second kappa shape index (κ2) is 12.4. The maximum absolute atomic E-state index is 12.5. The average molecular weight is 455 g/mol. The zero-order valence-electron chi connectivity index (χ0n) is 20.6. The molecule has 0 saturated carbocycles. The predicted molar refractivity (Wildman–Crippen MR) is 131 cm³/mol. The molecule has 0 aromatic heterocycles. The quantitative estimate of drug-likeness (QED) is 0.306. The van der Waals surface area contributed by atoms with Crippen LogP contribution in [0.2, 0.25) is 0 Å². The SMILES string of the molecule is CCCCC(CC)COC(=O)CCc1cc(OC(=O)c2ccccc2)c(O)c(C(C)(C)C)c1. The Kier molecular flexibility index (Phi) is 9.95. The van der Waals surface area contributed by atoms with Crippen LogP contribution >= 0.6 is 0 Å². The van der Waals surface area contributed by atoms with Gasteiger partial charge in [0.15, 0.2) is 11.5 Å². The molecule has 0 aliphatic heterocycles. The number of aryl methyl sites for hydroxylation is 1. The first-order chi connectivity index (χ1) is 15.7. The van der Waals surface area contributed by atoms with Crippen LogP contribution in [0.4, 0.5) is 0 Å². The van der Waals surface area contributed by atoms with Crippen molar-refractivity contribution in [2.45, 2.75) is 78.6 Å². The molecule has 0 amide bonds. The number of unbranched alkanes of at least 4 members (excludes halogenated alkanes) is 1. The number of phenols is 1. The number of rotatable bonds is 11. The van der Waals surface area contributed by atoms with Crippen molar-refractivity contribution in [2.75, 3.05) is 6.61 Å². The molecule has 2 aromatic carbocycles. The third-order valence-corrected chi connectivity index (χ3v) is 5.80. The maximum atomic E-state index is 12.5. The van der Waals surface area contributed by atoms with Gasteiger partial charge in [0.05, 0.1) is 12.2 Å². The Bertz CT molecular complexity index is 912. The zero-order valence-corrected chi connectivity index (χ0v) is 20.6. The van der Waals surface area contributed by atoms with E-state index in [9.17, 15) is 14.7 Å². The Hall–Kier alpha value is -2.82. The number of esters is 2. The van der Waals surface area contributed by atoms with Crippen LogP contribution in [-0.2, 0) is 21.4 Å². The van der Waals surface area contributed by atoms with Crippen LogP contribution < -0.4 is 4.74 Å². The van der Waals surface area contributed by atoms with E-state index in [0.717, 1.165) is 31.2 Å². The van der Waals surface area contributed by atoms with Crippen LogP contribution in [0.15, 0.2) is 42.5 Å². The summed E-state index contributed by atoms with van der Waals surface area (Å²) in [5, 5.41) is 10.8. The van der Waals surface area contributed by atoms with E-state index in [0.29, 0.717) is 30.1 Å². The topological polar surface area (TPSA) is 72.8 Å². The van der Waals surface area contributed by atoms with Gasteiger partial charge in [-0.1, -0.05) is 78.1 Å². The molecular formula is C28H38O5. The lowest BCUT2D eigenvalue weighted by Crippen LogP contribution is -2.16. The fourth-order valence-corrected chi connectivity index (χ4v) is 3.62. The molecule has 1 atom stereocenters. The number of aromatic hydroxyl groups is 1. The van der Waals surface area contributed by atoms with E-state index in [1.165, 1.54) is 0 Å². The number of carbonyl (C=O) groups is 2. The van der Waals surface area contributed by atoms with Crippen molar-refractivity contribution in [3.05, 3.63) is 59.2 Å². The summed E-state index contributed by atoms with van der Waals surface area (Å²) in [7, 11) is 0. The molecule has 2 rings (SSSR count). The van der Waals surface area contributed by atoms with Crippen LogP contribution in [0.25, 0.3) is 0 Å². The van der Waals surface area contributed by atoms with Gasteiger partial charge in [0.25, 0.3) is 0 Å². The van der Waals surface area contributed by atoms with Gasteiger partial charge in [0.1, 0.15) is 0 Å². The second-order valence-electron chi connectivity index (χ2n) is 9.60. The molecule has 2 aromatic rings. The molecule has 1 N–H and O–H groups in total. The van der Waals surface area contributed by atoms with E-state index in [4.69, 9.17) is 9.47 Å². The normalized spacial score (nSPS) is 12.3. The van der Waals surface area contributed by atoms with Gasteiger partial charge in [0.2, 0.25) is 0 Å². The van der Waals surface area contributed by atoms with Crippen molar-refractivity contribution in [1.29, 1.82) is 0 Å². The third kappa shape index (κ3) is 8.23. The van der Waals surface area contributed by atoms with Crippen LogP contribution in [0.5, 0.6) is 11.5 Å². The lowest BCUT2D eigenvalue weighted by Gasteiger charge is -2.23. The molecule has 0 aliphatic rings. The minimum atomic E-state index is -0.542. The van der Waals surface area contributed by atoms with Crippen LogP contribution in [0.3, 0.4) is 0 Å². The monoisotopic (exact) mass is 454 g/mol. The number of carbonyl (C=O) groups excluding carboxylic acids is 2. The Labute approximate surface area is 198 Å². The van der Waals surface area contributed by atoms with Crippen LogP contribution in [0.1, 0.15) is 88.2 Å². The summed E-state index contributed by atoms with van der Waals surface area (Å²) in [5.74, 6) is -0.331. The van der Waals surface area contributed by atoms with Gasteiger partial charge in [-0.15, -0.1) is 0 Å². The molecule has 33 heavy (non-hydrogen) atoms. The lowest BCUT2D eigenvalue weighted by atomic mass is 9.84. The second-order valence-corrected chi connectivity index (χ2v) is 9.60. The minimum Gasteiger partial charge on any atom is -0.504 e. The van der Waals surface area contributed by atoms with Gasteiger partial charge in [-0.3, -0.25) is 4.79 Å². The molecule has 0 spiro atoms. The molecule has 0 heterocycles. The summed E-state index contributed by atoms with van der Waals surface area (Å²) in [4.78, 5) is 24.9. The molecule has 5 nitrogen and oxygen atoms in total. The average Bonchev–Trinajstić information content (AvgIpc) is 2.79. The smallest absolute Gasteiger partial charge is 0.343 e. The van der Waals surface area contributed by atoms with E-state index in [1.807, 2.05) is 32.9 Å². The molecule has 0 saturated heterocycles. The molecule has 5 heteroatoms. The predicted octanol–water partition coefficient (Wildman–Crippen LogP) is 6.60. The molecule has 0 fully saturated rings. The summed E-state index contributed by atoms with van der Waals surface area (Å²) in [6, 6.07) is 12.2. The van der Waals surface area contributed by atoms with Crippen molar-refractivity contribution < 1.29 is 24.2 Å². The lowest BCUT2D eigenvalue weighted by molar-refractivity contribution is -0.145. The Morgan fingerprint density at radius 3 is 2.36 bits per heavy atom. The largest absolute Gasteiger partial charge is 0.504 e. The molecule has 0 aliphatic carbocycles. The van der Waals surface area contributed by atoms with Crippen molar-refractivity contribution in [3.63, 3.8) is 0 Å². The highest BCUT2D eigenvalue weighted by molar-refractivity contribution is 5.91. The van der Waals surface area contributed by atoms with E-state index in [2.05, 4.69) is 13.8 Å². The van der Waals surface area contributed by atoms with Crippen molar-refractivity contribution in [2.24, 2.45) is 5.92 Å². The number of hydrogen-bond donors (Lipinski definition) is 1. The summed E-state index contributed by atoms with van der Waals surface area (Å²) in [5.41, 5.74) is 1.50. The van der Waals surface area contributed by atoms with E-state index in [1.54, 1.807) is 30.3 Å². The molecule has 180 valence electrons. The zero-order chi connectivity index (χ0) is 24.4. The van der Waals surface area contributed by atoms with Crippen LogP contribution in [-0.4, -0.2) is 23.7 Å². The maximum Gasteiger partial charge on any atom is 0.343 e. The number of benzene rings is 2. The van der Waals surface area contributed by atoms with E-state index in [-0.39, 0.29) is 29.3 Å². The van der Waals surface area contributed by atoms with Crippen molar-refractivity contribution in [1.82, 2.24) is 0 Å². The molecule has 0 radical (unpaired) electrons. The van der Waals surface area contributed by atoms with Gasteiger partial charge in [-0.2, -0.15) is 0 Å². The number of ether oxygens (including phenoxy) is 2. The Morgan fingerprint density at radius 2 is 1.76 bits per heavy atom. The highest BCUT2D eigenvalue weighted by Gasteiger charge is 2.24. The standard InChI is InChI=1S/C28H38O5/c1-6-8-12-20(7-2)19-32-25(29)16-15-21-17-23(28(3,4)5)26(30)24(18-21)33-27(31)22-13-10-9-11-14-22/h9-11,13-14,17-18,20,30H,6-8,12,15-16,19H2,1-5H3. The first-order valence-electron chi connectivity index (χ1n) is 11.9. The summed E-state index contributed by atoms with van der Waals surface area (Å²) < 4.78 is 11.1. The highest BCUT2D eigenvalue weighted by atomic mass is 16.5. The van der Waals surface area contributed by atoms with Gasteiger partial charge >= 0.3 is 11.9 Å². The number of phenolic OH excluding ortho intramolecular Hbond substituents is 1. The molecule has 1 unspecified atom stereocenters. The van der Waals surface area contributed by atoms with E-state index < -0.39 is 5.97 Å². The van der Waals surface area contributed by atoms with Crippen molar-refractivity contribution >= 4 is 11.9 Å². The highest BCUT2D eigenvalue weighted by Crippen LogP contribution is 2.39. The first kappa shape index (κ1) is 26.4. The van der Waals surface area contributed by atoms with Crippen LogP contribution in [0, 0.1) is 5.92 Å². The minimum absolute atomic E-state index is 0.0557. The third-order valence-electron chi connectivity index (χ3n) is 5.80. The van der Waals surface area contributed by atoms with Crippen molar-refractivity contribution in [3.8, 4) is 11.5 Å². The molecule has 0 bridgehead atoms. The number of hydrogen-bond acceptors (Lipinski definition) is 5. The summed E-state index contributed by atoms with van der Waals surface area (Å²) >= 11 is 0. The summed E-state index contributed by atoms with van der Waals surface area (Å²) in [6.45, 7) is 10.7. The fourth-order valence-electron chi connectivity index (χ4n) is 3.62. The van der Waals surface area contributed by atoms with Gasteiger partial charge < -0.3 is 14.6 Å². The molecular weight excluding hydrogens is 416 g/mol. The summed E-state index contributed by atoms with van der Waals surface area (Å²) in [6.07, 6.45) is 5.01. The van der Waals surface area contributed by atoms with Gasteiger partial charge in [-0.25, -0.2) is 4.79 Å².